The number of hydrogen-bond acceptors (Lipinski definition) is 5. The highest BCUT2D eigenvalue weighted by Gasteiger charge is 2.25. The fourth-order valence-electron chi connectivity index (χ4n) is 4.03. The third kappa shape index (κ3) is 4.88. The molecule has 8 nitrogen and oxygen atoms in total. The van der Waals surface area contributed by atoms with Gasteiger partial charge in [-0.05, 0) is 49.4 Å². The van der Waals surface area contributed by atoms with Crippen molar-refractivity contribution in [1.29, 1.82) is 0 Å². The summed E-state index contributed by atoms with van der Waals surface area (Å²) in [6.07, 6.45) is 4.92. The molecule has 2 atom stereocenters. The maximum Gasteiger partial charge on any atom is 0.280 e. The van der Waals surface area contributed by atoms with E-state index in [1.54, 1.807) is 6.07 Å². The van der Waals surface area contributed by atoms with Gasteiger partial charge in [0.2, 0.25) is 5.91 Å². The first kappa shape index (κ1) is 19.3. The molecule has 1 saturated carbocycles. The summed E-state index contributed by atoms with van der Waals surface area (Å²) >= 11 is 0. The average Bonchev–Trinajstić information content (AvgIpc) is 3.34. The zero-order valence-corrected chi connectivity index (χ0v) is 16.2. The number of amides is 2. The molecule has 4 rings (SSSR count). The third-order valence-corrected chi connectivity index (χ3v) is 5.50. The van der Waals surface area contributed by atoms with Crippen LogP contribution in [0.3, 0.4) is 0 Å². The first-order chi connectivity index (χ1) is 14.1. The Morgan fingerprint density at radius 1 is 1.14 bits per heavy atom. The molecular formula is C21H25N3O5. The Morgan fingerprint density at radius 2 is 1.97 bits per heavy atom. The summed E-state index contributed by atoms with van der Waals surface area (Å²) in [4.78, 5) is 35.9. The summed E-state index contributed by atoms with van der Waals surface area (Å²) in [6, 6.07) is 6.97. The van der Waals surface area contributed by atoms with E-state index in [0.717, 1.165) is 37.0 Å². The lowest BCUT2D eigenvalue weighted by Gasteiger charge is -2.30. The predicted octanol–water partition coefficient (Wildman–Crippen LogP) is 1.69. The van der Waals surface area contributed by atoms with Crippen LogP contribution in [0.5, 0.6) is 5.75 Å². The number of nitrogens with one attached hydrogen (secondary N) is 3. The summed E-state index contributed by atoms with van der Waals surface area (Å²) < 4.78 is 10.5. The molecule has 1 aromatic heterocycles. The Labute approximate surface area is 168 Å². The number of aromatic nitrogens is 1. The van der Waals surface area contributed by atoms with E-state index >= 15 is 0 Å². The van der Waals surface area contributed by atoms with Gasteiger partial charge >= 0.3 is 0 Å². The van der Waals surface area contributed by atoms with Crippen LogP contribution in [0.25, 0.3) is 0 Å². The van der Waals surface area contributed by atoms with Gasteiger partial charge in [-0.15, -0.1) is 0 Å². The fraction of sp³-hybridized carbons (Fsp3) is 0.476. The van der Waals surface area contributed by atoms with E-state index in [1.807, 2.05) is 12.1 Å². The molecule has 1 aliphatic carbocycles. The van der Waals surface area contributed by atoms with E-state index < -0.39 is 0 Å². The van der Waals surface area contributed by atoms with Gasteiger partial charge in [-0.2, -0.15) is 5.16 Å². The maximum atomic E-state index is 12.6. The highest BCUT2D eigenvalue weighted by Crippen LogP contribution is 2.26. The average molecular weight is 399 g/mol. The normalized spacial score (nSPS) is 20.6. The monoisotopic (exact) mass is 399 g/mol. The molecule has 154 valence electrons. The molecule has 29 heavy (non-hydrogen) atoms. The number of aryl methyl sites for hydroxylation is 1. The first-order valence-corrected chi connectivity index (χ1v) is 10.1. The van der Waals surface area contributed by atoms with Crippen molar-refractivity contribution in [1.82, 2.24) is 15.8 Å². The molecular weight excluding hydrogens is 374 g/mol. The lowest BCUT2D eigenvalue weighted by Crippen LogP contribution is -2.45. The minimum Gasteiger partial charge on any atom is -0.493 e. The number of ether oxygens (including phenoxy) is 1. The lowest BCUT2D eigenvalue weighted by atomic mass is 9.90. The van der Waals surface area contributed by atoms with Gasteiger partial charge in [-0.1, -0.05) is 0 Å². The van der Waals surface area contributed by atoms with Crippen LogP contribution in [0.1, 0.15) is 53.8 Å². The molecule has 2 aliphatic rings. The Morgan fingerprint density at radius 3 is 2.76 bits per heavy atom. The van der Waals surface area contributed by atoms with Crippen molar-refractivity contribution in [3.8, 4) is 5.75 Å². The molecule has 2 heterocycles. The van der Waals surface area contributed by atoms with E-state index in [4.69, 9.17) is 9.26 Å². The quantitative estimate of drug-likeness (QED) is 0.684. The second-order valence-electron chi connectivity index (χ2n) is 7.70. The Bertz CT molecular complexity index is 948. The zero-order chi connectivity index (χ0) is 20.2. The minimum atomic E-state index is -0.304. The van der Waals surface area contributed by atoms with E-state index in [9.17, 15) is 14.4 Å². The second-order valence-corrected chi connectivity index (χ2v) is 7.70. The van der Waals surface area contributed by atoms with Crippen molar-refractivity contribution in [3.05, 3.63) is 51.5 Å². The molecule has 1 aromatic carbocycles. The number of carbonyl (C=O) groups is 2. The van der Waals surface area contributed by atoms with Crippen LogP contribution in [0.4, 0.5) is 0 Å². The number of H-pyrrole nitrogens is 1. The Kier molecular flexibility index (Phi) is 5.69. The Balaban J connectivity index is 1.26. The molecule has 2 amide bonds. The van der Waals surface area contributed by atoms with Crippen LogP contribution in [0.15, 0.2) is 33.6 Å². The van der Waals surface area contributed by atoms with Crippen LogP contribution in [-0.2, 0) is 17.6 Å². The van der Waals surface area contributed by atoms with Crippen molar-refractivity contribution in [3.63, 3.8) is 0 Å². The minimum absolute atomic E-state index is 0.0354. The first-order valence-electron chi connectivity index (χ1n) is 10.1. The fourth-order valence-corrected chi connectivity index (χ4v) is 4.03. The van der Waals surface area contributed by atoms with Crippen molar-refractivity contribution in [2.45, 2.75) is 57.0 Å². The van der Waals surface area contributed by atoms with Crippen LogP contribution in [0, 0.1) is 0 Å². The van der Waals surface area contributed by atoms with Gasteiger partial charge in [0.05, 0.1) is 6.61 Å². The van der Waals surface area contributed by atoms with Crippen molar-refractivity contribution in [2.75, 3.05) is 6.61 Å². The molecule has 0 saturated heterocycles. The highest BCUT2D eigenvalue weighted by atomic mass is 16.5. The van der Waals surface area contributed by atoms with Crippen LogP contribution < -0.4 is 20.9 Å². The summed E-state index contributed by atoms with van der Waals surface area (Å²) in [5, 5.41) is 8.36. The van der Waals surface area contributed by atoms with E-state index in [2.05, 4.69) is 15.8 Å². The number of aromatic amines is 1. The number of carbonyl (C=O) groups excluding carboxylic acids is 2. The van der Waals surface area contributed by atoms with E-state index in [1.165, 1.54) is 6.07 Å². The van der Waals surface area contributed by atoms with Crippen molar-refractivity contribution >= 4 is 11.8 Å². The molecule has 0 radical (unpaired) electrons. The zero-order valence-electron chi connectivity index (χ0n) is 16.2. The van der Waals surface area contributed by atoms with E-state index in [-0.39, 0.29) is 35.9 Å². The number of fused-ring (bicyclic) bond motifs is 1. The summed E-state index contributed by atoms with van der Waals surface area (Å²) in [6.45, 7) is 0.667. The van der Waals surface area contributed by atoms with Crippen LogP contribution >= 0.6 is 0 Å². The SMILES string of the molecule is O=C(CCc1cc(=O)[nH]o1)N[C@@H]1CCC[C@@H](NC(=O)c2ccc3c(c2)CCO3)C1. The van der Waals surface area contributed by atoms with Crippen LogP contribution in [0.2, 0.25) is 0 Å². The molecule has 1 aliphatic heterocycles. The number of benzene rings is 1. The predicted molar refractivity (Wildman–Crippen MR) is 105 cm³/mol. The molecule has 1 fully saturated rings. The lowest BCUT2D eigenvalue weighted by molar-refractivity contribution is -0.122. The highest BCUT2D eigenvalue weighted by molar-refractivity contribution is 5.94. The number of rotatable bonds is 6. The van der Waals surface area contributed by atoms with Gasteiger partial charge in [0, 0.05) is 43.0 Å². The molecule has 8 heteroatoms. The molecule has 0 unspecified atom stereocenters. The number of hydrogen-bond donors (Lipinski definition) is 3. The van der Waals surface area contributed by atoms with Gasteiger partial charge in [-0.3, -0.25) is 14.4 Å². The standard InChI is InChI=1S/C21H25N3O5/c25-19(7-5-17-12-20(26)24-29-17)22-15-2-1-3-16(11-15)23-21(27)14-4-6-18-13(10-14)8-9-28-18/h4,6,10,12,15-16H,1-3,5,7-9,11H2,(H,22,25)(H,23,27)(H,24,26)/t15-,16-/m1/s1. The third-order valence-electron chi connectivity index (χ3n) is 5.50. The second kappa shape index (κ2) is 8.55. The summed E-state index contributed by atoms with van der Waals surface area (Å²) in [5.74, 6) is 1.17. The van der Waals surface area contributed by atoms with Gasteiger partial charge < -0.3 is 19.9 Å². The van der Waals surface area contributed by atoms with Gasteiger partial charge in [0.1, 0.15) is 11.5 Å². The molecule has 0 bridgehead atoms. The molecule has 2 aromatic rings. The van der Waals surface area contributed by atoms with E-state index in [0.29, 0.717) is 30.8 Å². The van der Waals surface area contributed by atoms with Gasteiger partial charge in [0.25, 0.3) is 11.5 Å². The summed E-state index contributed by atoms with van der Waals surface area (Å²) in [7, 11) is 0. The molecule has 3 N–H and O–H groups in total. The smallest absolute Gasteiger partial charge is 0.280 e. The topological polar surface area (TPSA) is 113 Å². The Hall–Kier alpha value is -3.03. The molecule has 0 spiro atoms. The van der Waals surface area contributed by atoms with Crippen LogP contribution in [-0.4, -0.2) is 35.7 Å². The van der Waals surface area contributed by atoms with Crippen molar-refractivity contribution < 1.29 is 18.8 Å². The van der Waals surface area contributed by atoms with Gasteiger partial charge in [0.15, 0.2) is 0 Å². The van der Waals surface area contributed by atoms with Gasteiger partial charge in [-0.25, -0.2) is 0 Å². The largest absolute Gasteiger partial charge is 0.493 e. The summed E-state index contributed by atoms with van der Waals surface area (Å²) in [5.41, 5.74) is 1.42. The maximum absolute atomic E-state index is 12.6. The van der Waals surface area contributed by atoms with Crippen molar-refractivity contribution in [2.24, 2.45) is 0 Å².